The predicted molar refractivity (Wildman–Crippen MR) is 170 cm³/mol. The maximum Gasteiger partial charge on any atom is 0.247 e. The van der Waals surface area contributed by atoms with Gasteiger partial charge in [0.15, 0.2) is 0 Å². The Morgan fingerprint density at radius 3 is 2.66 bits per heavy atom. The molecule has 1 saturated heterocycles. The second kappa shape index (κ2) is 11.8. The van der Waals surface area contributed by atoms with Crippen molar-refractivity contribution in [1.82, 2.24) is 24.2 Å². The molecule has 2 aromatic carbocycles. The number of amides is 2. The number of imidazole rings is 1. The van der Waals surface area contributed by atoms with Crippen LogP contribution in [0.1, 0.15) is 29.4 Å². The number of rotatable bonds is 8. The Bertz CT molecular complexity index is 1730. The first-order valence-corrected chi connectivity index (χ1v) is 14.8. The zero-order valence-corrected chi connectivity index (χ0v) is 26.1. The van der Waals surface area contributed by atoms with Gasteiger partial charge in [-0.25, -0.2) is 4.98 Å². The molecule has 0 bridgehead atoms. The number of carbonyl (C=O) groups excluding carboxylic acids is 2. The van der Waals surface area contributed by atoms with Gasteiger partial charge >= 0.3 is 0 Å². The van der Waals surface area contributed by atoms with Crippen LogP contribution in [0.15, 0.2) is 48.8 Å². The zero-order valence-electron chi connectivity index (χ0n) is 26.1. The molecule has 1 fully saturated rings. The number of nitrogens with one attached hydrogen (secondary N) is 1. The predicted octanol–water partition coefficient (Wildman–Crippen LogP) is 3.60. The summed E-state index contributed by atoms with van der Waals surface area (Å²) in [5, 5.41) is 3.09. The second-order valence-electron chi connectivity index (χ2n) is 11.8. The number of methoxy groups -OCH3 is 2. The number of nitrogens with zero attached hydrogens (tertiary/aromatic N) is 6. The summed E-state index contributed by atoms with van der Waals surface area (Å²) >= 11 is 0. The number of hydrogen-bond acceptors (Lipinski definition) is 8. The van der Waals surface area contributed by atoms with Crippen molar-refractivity contribution in [2.24, 2.45) is 0 Å². The molecular formula is C33H39N7O4. The highest BCUT2D eigenvalue weighted by Crippen LogP contribution is 2.39. The summed E-state index contributed by atoms with van der Waals surface area (Å²) in [4.78, 5) is 41.8. The minimum atomic E-state index is -0.380. The van der Waals surface area contributed by atoms with Gasteiger partial charge in [0.2, 0.25) is 11.8 Å². The fourth-order valence-corrected chi connectivity index (χ4v) is 6.48. The van der Waals surface area contributed by atoms with Crippen molar-refractivity contribution in [3.8, 4) is 22.8 Å². The van der Waals surface area contributed by atoms with Gasteiger partial charge in [-0.15, -0.1) is 0 Å². The molecule has 4 heterocycles. The summed E-state index contributed by atoms with van der Waals surface area (Å²) in [6.07, 6.45) is 5.12. The monoisotopic (exact) mass is 597 g/mol. The number of fused-ring (bicyclic) bond motifs is 2. The van der Waals surface area contributed by atoms with E-state index in [-0.39, 0.29) is 23.8 Å². The zero-order chi connectivity index (χ0) is 31.1. The van der Waals surface area contributed by atoms with Crippen molar-refractivity contribution in [1.29, 1.82) is 0 Å². The third kappa shape index (κ3) is 5.21. The van der Waals surface area contributed by atoms with E-state index in [1.54, 1.807) is 20.4 Å². The third-order valence-electron chi connectivity index (χ3n) is 8.73. The Morgan fingerprint density at radius 1 is 1.11 bits per heavy atom. The average molecular weight is 598 g/mol. The van der Waals surface area contributed by atoms with Crippen LogP contribution in [0, 0.1) is 6.92 Å². The number of carbonyl (C=O) groups is 2. The summed E-state index contributed by atoms with van der Waals surface area (Å²) in [6.45, 7) is 3.71. The van der Waals surface area contributed by atoms with Crippen LogP contribution in [0.25, 0.3) is 16.8 Å². The summed E-state index contributed by atoms with van der Waals surface area (Å²) < 4.78 is 13.4. The van der Waals surface area contributed by atoms with Crippen molar-refractivity contribution >= 4 is 28.7 Å². The van der Waals surface area contributed by atoms with Crippen molar-refractivity contribution < 1.29 is 19.1 Å². The molecule has 2 atom stereocenters. The number of benzene rings is 2. The standard InChI is InChI=1S/C33H39N7O4/c1-20-31-30(36-32(40(31)15-13-34-20)22-12-14-39(18-22)29(41)19-37(2)3)21-10-11-24(28(16-21)44-6)35-33(42)26-17-23-25(38(26)4)8-7-9-27(23)43-5/h7-11,13,15-16,22,26H,12,14,17-19H2,1-6H3,(H,35,42)/t22-,26?/m1/s1. The number of ether oxygens (including phenoxy) is 2. The quantitative estimate of drug-likeness (QED) is 0.329. The Morgan fingerprint density at radius 2 is 1.91 bits per heavy atom. The second-order valence-corrected chi connectivity index (χ2v) is 11.8. The van der Waals surface area contributed by atoms with E-state index >= 15 is 0 Å². The van der Waals surface area contributed by atoms with Gasteiger partial charge in [0.25, 0.3) is 0 Å². The third-order valence-corrected chi connectivity index (χ3v) is 8.73. The first-order valence-electron chi connectivity index (χ1n) is 14.8. The molecule has 2 aliphatic heterocycles. The number of aromatic nitrogens is 3. The first-order chi connectivity index (χ1) is 21.2. The maximum atomic E-state index is 13.5. The molecule has 11 nitrogen and oxygen atoms in total. The van der Waals surface area contributed by atoms with Crippen LogP contribution >= 0.6 is 0 Å². The van der Waals surface area contributed by atoms with Crippen LogP contribution in [-0.4, -0.2) is 97.0 Å². The number of likely N-dealkylation sites (N-methyl/N-ethyl adjacent to an activating group) is 2. The number of aryl methyl sites for hydroxylation is 1. The highest BCUT2D eigenvalue weighted by Gasteiger charge is 2.35. The van der Waals surface area contributed by atoms with E-state index in [0.29, 0.717) is 37.5 Å². The number of hydrogen-bond donors (Lipinski definition) is 1. The smallest absolute Gasteiger partial charge is 0.247 e. The molecule has 4 aromatic rings. The van der Waals surface area contributed by atoms with Gasteiger partial charge in [-0.05, 0) is 51.7 Å². The van der Waals surface area contributed by atoms with E-state index in [2.05, 4.69) is 14.7 Å². The molecule has 0 spiro atoms. The minimum Gasteiger partial charge on any atom is -0.496 e. The fraction of sp³-hybridized carbons (Fsp3) is 0.394. The molecule has 1 N–H and O–H groups in total. The lowest BCUT2D eigenvalue weighted by Crippen LogP contribution is -2.39. The molecule has 6 rings (SSSR count). The maximum absolute atomic E-state index is 13.5. The van der Waals surface area contributed by atoms with Gasteiger partial charge in [0, 0.05) is 61.7 Å². The molecule has 0 saturated carbocycles. The van der Waals surface area contributed by atoms with Crippen LogP contribution < -0.4 is 19.7 Å². The molecule has 2 aliphatic rings. The van der Waals surface area contributed by atoms with Gasteiger partial charge in [-0.1, -0.05) is 12.1 Å². The van der Waals surface area contributed by atoms with E-state index < -0.39 is 0 Å². The Labute approximate surface area is 257 Å². The molecule has 0 aliphatic carbocycles. The topological polar surface area (TPSA) is 105 Å². The molecule has 1 unspecified atom stereocenters. The van der Waals surface area contributed by atoms with Crippen LogP contribution in [0.3, 0.4) is 0 Å². The SMILES string of the molecule is COc1cc(-c2nc([C@@H]3CCN(C(=O)CN(C)C)C3)n3ccnc(C)c23)ccc1NC(=O)C1Cc2c(OC)cccc2N1C. The molecule has 2 amide bonds. The molecular weight excluding hydrogens is 558 g/mol. The van der Waals surface area contributed by atoms with Crippen LogP contribution in [0.2, 0.25) is 0 Å². The van der Waals surface area contributed by atoms with Crippen LogP contribution in [0.4, 0.5) is 11.4 Å². The van der Waals surface area contributed by atoms with E-state index in [0.717, 1.165) is 51.7 Å². The normalized spacial score (nSPS) is 17.8. The first kappa shape index (κ1) is 29.4. The van der Waals surface area contributed by atoms with Crippen molar-refractivity contribution in [3.63, 3.8) is 0 Å². The van der Waals surface area contributed by atoms with Crippen molar-refractivity contribution in [3.05, 3.63) is 65.9 Å². The van der Waals surface area contributed by atoms with Crippen molar-refractivity contribution in [2.75, 3.05) is 65.2 Å². The van der Waals surface area contributed by atoms with Gasteiger partial charge in [-0.3, -0.25) is 19.0 Å². The number of anilines is 2. The lowest BCUT2D eigenvalue weighted by atomic mass is 10.1. The van der Waals surface area contributed by atoms with Gasteiger partial charge in [0.05, 0.1) is 43.4 Å². The fourth-order valence-electron chi connectivity index (χ4n) is 6.48. The molecule has 2 aromatic heterocycles. The lowest BCUT2D eigenvalue weighted by Gasteiger charge is -2.22. The van der Waals surface area contributed by atoms with E-state index in [1.807, 2.05) is 85.4 Å². The summed E-state index contributed by atoms with van der Waals surface area (Å²) in [5.41, 5.74) is 6.02. The van der Waals surface area contributed by atoms with Crippen LogP contribution in [0.5, 0.6) is 11.5 Å². The average Bonchev–Trinajstić information content (AvgIpc) is 3.73. The van der Waals surface area contributed by atoms with Crippen molar-refractivity contribution in [2.45, 2.75) is 31.7 Å². The number of likely N-dealkylation sites (tertiary alicyclic amines) is 1. The van der Waals surface area contributed by atoms with Gasteiger partial charge in [-0.2, -0.15) is 0 Å². The van der Waals surface area contributed by atoms with E-state index in [4.69, 9.17) is 14.5 Å². The summed E-state index contributed by atoms with van der Waals surface area (Å²) in [5.74, 6) is 2.35. The molecule has 230 valence electrons. The lowest BCUT2D eigenvalue weighted by molar-refractivity contribution is -0.130. The highest BCUT2D eigenvalue weighted by molar-refractivity contribution is 6.00. The van der Waals surface area contributed by atoms with Crippen LogP contribution in [-0.2, 0) is 16.0 Å². The van der Waals surface area contributed by atoms with E-state index in [1.165, 1.54) is 0 Å². The minimum absolute atomic E-state index is 0.107. The van der Waals surface area contributed by atoms with Gasteiger partial charge in [0.1, 0.15) is 23.4 Å². The Balaban J connectivity index is 1.27. The highest BCUT2D eigenvalue weighted by atomic mass is 16.5. The molecule has 0 radical (unpaired) electrons. The Hall–Kier alpha value is -4.64. The summed E-state index contributed by atoms with van der Waals surface area (Å²) in [7, 11) is 8.98. The largest absolute Gasteiger partial charge is 0.496 e. The summed E-state index contributed by atoms with van der Waals surface area (Å²) in [6, 6.07) is 11.2. The van der Waals surface area contributed by atoms with E-state index in [9.17, 15) is 9.59 Å². The molecule has 44 heavy (non-hydrogen) atoms. The van der Waals surface area contributed by atoms with Gasteiger partial charge < -0.3 is 29.5 Å². The molecule has 11 heteroatoms. The Kier molecular flexibility index (Phi) is 7.89.